The Morgan fingerprint density at radius 1 is 0.588 bits per heavy atom. The number of unbranched alkanes of at least 4 members (excludes halogenated alkanes) is 10. The zero-order chi connectivity index (χ0) is 25.2. The van der Waals surface area contributed by atoms with Crippen molar-refractivity contribution < 1.29 is 0 Å². The number of nitrogens with zero attached hydrogens (tertiary/aromatic N) is 3. The van der Waals surface area contributed by atoms with Crippen LogP contribution in [0.3, 0.4) is 0 Å². The Kier molecular flexibility index (Phi) is 13.3. The molecule has 1 aromatic heterocycles. The van der Waals surface area contributed by atoms with E-state index in [0.717, 1.165) is 0 Å². The van der Waals surface area contributed by atoms with Crippen LogP contribution in [0.25, 0.3) is 11.0 Å². The summed E-state index contributed by atoms with van der Waals surface area (Å²) in [6.45, 7) is 4.61. The maximum absolute atomic E-state index is 5.30. The molecule has 0 aliphatic rings. The second kappa shape index (κ2) is 14.8. The SMILES string of the molecule is CCCCCCCCC(CCCCCCCC)n1nc2[c]([Sn]([CH3])([CH3])[CH3])cc[c]([Sn]([CH3])([CH3])[CH3])c2n1. The van der Waals surface area contributed by atoms with E-state index in [1.165, 1.54) is 101 Å². The molecule has 0 radical (unpaired) electrons. The van der Waals surface area contributed by atoms with Gasteiger partial charge in [0, 0.05) is 0 Å². The van der Waals surface area contributed by atoms with Crippen LogP contribution in [-0.4, -0.2) is 51.7 Å². The summed E-state index contributed by atoms with van der Waals surface area (Å²) < 4.78 is 3.13. The van der Waals surface area contributed by atoms with E-state index in [9.17, 15) is 0 Å². The molecule has 0 saturated heterocycles. The quantitative estimate of drug-likeness (QED) is 0.124. The van der Waals surface area contributed by atoms with Crippen LogP contribution in [-0.2, 0) is 0 Å². The van der Waals surface area contributed by atoms with E-state index in [-0.39, 0.29) is 0 Å². The Hall–Kier alpha value is 0.217. The third kappa shape index (κ3) is 9.59. The van der Waals surface area contributed by atoms with Crippen LogP contribution in [0.5, 0.6) is 0 Å². The van der Waals surface area contributed by atoms with Crippen molar-refractivity contribution in [2.75, 3.05) is 0 Å². The van der Waals surface area contributed by atoms with Crippen molar-refractivity contribution >= 4 is 54.9 Å². The van der Waals surface area contributed by atoms with E-state index in [1.807, 2.05) is 0 Å². The second-order valence-electron chi connectivity index (χ2n) is 12.6. The molecule has 34 heavy (non-hydrogen) atoms. The van der Waals surface area contributed by atoms with Gasteiger partial charge in [-0.15, -0.1) is 0 Å². The molecule has 5 heteroatoms. The van der Waals surface area contributed by atoms with Gasteiger partial charge >= 0.3 is 208 Å². The monoisotopic (exact) mass is 685 g/mol. The molecular weight excluding hydrogens is 628 g/mol. The summed E-state index contributed by atoms with van der Waals surface area (Å²) in [5, 5.41) is 10.6. The van der Waals surface area contributed by atoms with Crippen molar-refractivity contribution in [2.45, 2.75) is 139 Å². The summed E-state index contributed by atoms with van der Waals surface area (Å²) in [7, 11) is 0. The van der Waals surface area contributed by atoms with Crippen LogP contribution < -0.4 is 7.16 Å². The van der Waals surface area contributed by atoms with Gasteiger partial charge in [-0.3, -0.25) is 0 Å². The number of benzene rings is 1. The van der Waals surface area contributed by atoms with Crippen molar-refractivity contribution in [1.29, 1.82) is 0 Å². The summed E-state index contributed by atoms with van der Waals surface area (Å²) >= 11 is -4.57. The molecule has 2 rings (SSSR count). The molecule has 0 saturated carbocycles. The fourth-order valence-corrected chi connectivity index (χ4v) is 13.4. The van der Waals surface area contributed by atoms with Gasteiger partial charge in [0.05, 0.1) is 0 Å². The van der Waals surface area contributed by atoms with E-state index in [1.54, 1.807) is 7.16 Å². The molecule has 0 spiro atoms. The normalized spacial score (nSPS) is 12.9. The molecule has 0 aliphatic heterocycles. The number of hydrogen-bond donors (Lipinski definition) is 0. The van der Waals surface area contributed by atoms with Crippen LogP contribution in [0.2, 0.25) is 29.6 Å². The average Bonchev–Trinajstić information content (AvgIpc) is 3.19. The second-order valence-corrected chi connectivity index (χ2v) is 41.4. The van der Waals surface area contributed by atoms with Crippen LogP contribution in [0, 0.1) is 0 Å². The first-order valence-electron chi connectivity index (χ1n) is 14.5. The molecule has 0 aliphatic carbocycles. The first-order chi connectivity index (χ1) is 16.1. The minimum atomic E-state index is -2.28. The molecule has 194 valence electrons. The van der Waals surface area contributed by atoms with Gasteiger partial charge in [-0.05, 0) is 0 Å². The predicted molar refractivity (Wildman–Crippen MR) is 159 cm³/mol. The van der Waals surface area contributed by atoms with Crippen molar-refractivity contribution in [3.63, 3.8) is 0 Å². The summed E-state index contributed by atoms with van der Waals surface area (Å²) in [6.07, 6.45) is 18.8. The minimum absolute atomic E-state index is 0.468. The van der Waals surface area contributed by atoms with Crippen molar-refractivity contribution in [3.8, 4) is 0 Å². The summed E-state index contributed by atoms with van der Waals surface area (Å²) in [4.78, 5) is 17.3. The number of rotatable bonds is 17. The first kappa shape index (κ1) is 30.4. The number of aromatic nitrogens is 3. The Morgan fingerprint density at radius 2 is 0.941 bits per heavy atom. The van der Waals surface area contributed by atoms with Crippen LogP contribution in [0.1, 0.15) is 110 Å². The molecule has 0 unspecified atom stereocenters. The predicted octanol–water partition coefficient (Wildman–Crippen LogP) is 8.56. The average molecular weight is 683 g/mol. The molecule has 0 amide bonds. The van der Waals surface area contributed by atoms with Gasteiger partial charge in [0.2, 0.25) is 0 Å². The summed E-state index contributed by atoms with van der Waals surface area (Å²) in [5.74, 6) is 0. The molecule has 0 atom stereocenters. The molecule has 1 aromatic carbocycles. The standard InChI is InChI=1S/C23H37N3.6CH3.2Sn/c1-3-5-7-9-11-13-17-21(18-14-12-10-8-6-4-2)26-24-22-19-15-16-20-23(22)25-26;;;;;;;;/h15-16,21H,3-14,17-18H2,1-2H3;6*1H3;;. The third-order valence-electron chi connectivity index (χ3n) is 7.28. The fraction of sp³-hybridized carbons (Fsp3) is 0.793. The van der Waals surface area contributed by atoms with E-state index in [2.05, 4.69) is 60.4 Å². The van der Waals surface area contributed by atoms with E-state index in [0.29, 0.717) is 6.04 Å². The van der Waals surface area contributed by atoms with Crippen LogP contribution in [0.15, 0.2) is 12.1 Å². The van der Waals surface area contributed by atoms with Crippen molar-refractivity contribution in [3.05, 3.63) is 12.1 Å². The topological polar surface area (TPSA) is 30.7 Å². The van der Waals surface area contributed by atoms with Gasteiger partial charge in [-0.2, -0.15) is 0 Å². The van der Waals surface area contributed by atoms with Gasteiger partial charge in [0.15, 0.2) is 0 Å². The number of fused-ring (bicyclic) bond motifs is 1. The van der Waals surface area contributed by atoms with Gasteiger partial charge in [0.25, 0.3) is 0 Å². The zero-order valence-electron chi connectivity index (χ0n) is 24.0. The van der Waals surface area contributed by atoms with Gasteiger partial charge in [0.1, 0.15) is 0 Å². The van der Waals surface area contributed by atoms with Gasteiger partial charge < -0.3 is 0 Å². The van der Waals surface area contributed by atoms with Crippen molar-refractivity contribution in [2.24, 2.45) is 0 Å². The Morgan fingerprint density at radius 3 is 1.29 bits per heavy atom. The van der Waals surface area contributed by atoms with E-state index in [4.69, 9.17) is 10.2 Å². The molecule has 1 heterocycles. The molecule has 0 bridgehead atoms. The third-order valence-corrected chi connectivity index (χ3v) is 18.8. The molecule has 3 nitrogen and oxygen atoms in total. The molecule has 0 fully saturated rings. The van der Waals surface area contributed by atoms with Crippen LogP contribution in [0.4, 0.5) is 0 Å². The van der Waals surface area contributed by atoms with E-state index >= 15 is 0 Å². The zero-order valence-corrected chi connectivity index (χ0v) is 29.7. The van der Waals surface area contributed by atoms with E-state index < -0.39 is 36.8 Å². The summed E-state index contributed by atoms with van der Waals surface area (Å²) in [6, 6.07) is 5.37. The Labute approximate surface area is 220 Å². The Bertz CT molecular complexity index is 778. The molecular formula is C29H55N3Sn2. The molecule has 0 N–H and O–H groups in total. The van der Waals surface area contributed by atoms with Crippen LogP contribution >= 0.6 is 0 Å². The van der Waals surface area contributed by atoms with Gasteiger partial charge in [-0.25, -0.2) is 0 Å². The summed E-state index contributed by atoms with van der Waals surface area (Å²) in [5.41, 5.74) is 2.53. The number of hydrogen-bond acceptors (Lipinski definition) is 2. The maximum atomic E-state index is 5.30. The first-order valence-corrected chi connectivity index (χ1v) is 34.5. The fourth-order valence-electron chi connectivity index (χ4n) is 5.08. The van der Waals surface area contributed by atoms with Gasteiger partial charge in [-0.1, -0.05) is 13.8 Å². The molecule has 2 aromatic rings. The van der Waals surface area contributed by atoms with Crippen molar-refractivity contribution in [1.82, 2.24) is 15.0 Å². The Balaban J connectivity index is 2.27.